The Morgan fingerprint density at radius 1 is 1.36 bits per heavy atom. The maximum absolute atomic E-state index is 12.8. The van der Waals surface area contributed by atoms with Gasteiger partial charge in [-0.25, -0.2) is 4.39 Å². The van der Waals surface area contributed by atoms with Crippen molar-refractivity contribution in [3.8, 4) is 0 Å². The van der Waals surface area contributed by atoms with Gasteiger partial charge in [0.15, 0.2) is 0 Å². The molecule has 0 aliphatic carbocycles. The summed E-state index contributed by atoms with van der Waals surface area (Å²) in [5, 5.41) is 6.35. The quantitative estimate of drug-likeness (QED) is 0.753. The Morgan fingerprint density at radius 3 is 2.68 bits per heavy atom. The van der Waals surface area contributed by atoms with Crippen LogP contribution < -0.4 is 10.6 Å². The number of halogens is 1. The Hall–Kier alpha value is -1.11. The minimum absolute atomic E-state index is 0.00309. The minimum atomic E-state index is -0.263. The van der Waals surface area contributed by atoms with Crippen LogP contribution in [0.1, 0.15) is 12.8 Å². The number of ether oxygens (including phenoxy) is 1. The van der Waals surface area contributed by atoms with E-state index in [1.807, 2.05) is 0 Å². The lowest BCUT2D eigenvalue weighted by atomic mass is 9.79. The highest BCUT2D eigenvalue weighted by Crippen LogP contribution is 2.28. The molecule has 1 aromatic rings. The monoisotopic (exact) mass is 326 g/mol. The van der Waals surface area contributed by atoms with Crippen LogP contribution in [0.4, 0.5) is 4.39 Å². The first-order valence-electron chi connectivity index (χ1n) is 7.48. The molecule has 1 aromatic carbocycles. The standard InChI is InChI=1S/C16H23FN2O2S/c1-21-12-16(6-8-18-9-7-16)11-19-15(20)10-22-14-4-2-13(17)3-5-14/h2-5,18H,6-12H2,1H3,(H,19,20). The number of methoxy groups -OCH3 is 1. The lowest BCUT2D eigenvalue weighted by molar-refractivity contribution is -0.119. The third-order valence-electron chi connectivity index (χ3n) is 3.96. The summed E-state index contributed by atoms with van der Waals surface area (Å²) in [6.45, 7) is 3.23. The molecule has 22 heavy (non-hydrogen) atoms. The first kappa shape index (κ1) is 17.2. The number of thioether (sulfide) groups is 1. The van der Waals surface area contributed by atoms with Crippen molar-refractivity contribution in [2.24, 2.45) is 5.41 Å². The zero-order valence-corrected chi connectivity index (χ0v) is 13.7. The molecule has 1 heterocycles. The molecule has 0 radical (unpaired) electrons. The normalized spacial score (nSPS) is 17.2. The summed E-state index contributed by atoms with van der Waals surface area (Å²) in [6, 6.07) is 6.19. The second-order valence-electron chi connectivity index (χ2n) is 5.70. The molecular weight excluding hydrogens is 303 g/mol. The van der Waals surface area contributed by atoms with E-state index >= 15 is 0 Å². The summed E-state index contributed by atoms with van der Waals surface area (Å²) in [7, 11) is 1.70. The minimum Gasteiger partial charge on any atom is -0.384 e. The summed E-state index contributed by atoms with van der Waals surface area (Å²) in [5.74, 6) is 0.0805. The molecular formula is C16H23FN2O2S. The van der Waals surface area contributed by atoms with Gasteiger partial charge >= 0.3 is 0 Å². The van der Waals surface area contributed by atoms with Gasteiger partial charge in [0.25, 0.3) is 0 Å². The summed E-state index contributed by atoms with van der Waals surface area (Å²) in [6.07, 6.45) is 2.01. The Kier molecular flexibility index (Phi) is 6.67. The van der Waals surface area contributed by atoms with E-state index in [1.165, 1.54) is 23.9 Å². The number of carbonyl (C=O) groups excluding carboxylic acids is 1. The predicted octanol–water partition coefficient (Wildman–Crippen LogP) is 2.05. The van der Waals surface area contributed by atoms with E-state index in [2.05, 4.69) is 10.6 Å². The van der Waals surface area contributed by atoms with Gasteiger partial charge in [-0.2, -0.15) is 0 Å². The topological polar surface area (TPSA) is 50.4 Å². The van der Waals surface area contributed by atoms with Crippen LogP contribution in [0.25, 0.3) is 0 Å². The fourth-order valence-corrected chi connectivity index (χ4v) is 3.38. The van der Waals surface area contributed by atoms with Crippen molar-refractivity contribution in [2.45, 2.75) is 17.7 Å². The van der Waals surface area contributed by atoms with Crippen LogP contribution in [-0.2, 0) is 9.53 Å². The van der Waals surface area contributed by atoms with Crippen molar-refractivity contribution in [1.29, 1.82) is 0 Å². The first-order chi connectivity index (χ1) is 10.6. The van der Waals surface area contributed by atoms with Gasteiger partial charge in [0.2, 0.25) is 5.91 Å². The Labute approximate surface area is 135 Å². The Balaban J connectivity index is 1.77. The molecule has 1 saturated heterocycles. The van der Waals surface area contributed by atoms with E-state index in [4.69, 9.17) is 4.74 Å². The Morgan fingerprint density at radius 2 is 2.05 bits per heavy atom. The number of hydrogen-bond acceptors (Lipinski definition) is 4. The smallest absolute Gasteiger partial charge is 0.230 e. The van der Waals surface area contributed by atoms with Crippen molar-refractivity contribution in [3.05, 3.63) is 30.1 Å². The highest BCUT2D eigenvalue weighted by atomic mass is 32.2. The van der Waals surface area contributed by atoms with Crippen LogP contribution in [0.2, 0.25) is 0 Å². The van der Waals surface area contributed by atoms with E-state index in [1.54, 1.807) is 19.2 Å². The van der Waals surface area contributed by atoms with Crippen molar-refractivity contribution in [1.82, 2.24) is 10.6 Å². The van der Waals surface area contributed by atoms with Crippen molar-refractivity contribution < 1.29 is 13.9 Å². The average molecular weight is 326 g/mol. The molecule has 1 fully saturated rings. The maximum atomic E-state index is 12.8. The highest BCUT2D eigenvalue weighted by Gasteiger charge is 2.32. The number of nitrogens with one attached hydrogen (secondary N) is 2. The van der Waals surface area contributed by atoms with Crippen LogP contribution in [0.5, 0.6) is 0 Å². The van der Waals surface area contributed by atoms with E-state index in [0.717, 1.165) is 30.8 Å². The van der Waals surface area contributed by atoms with Gasteiger partial charge in [0.05, 0.1) is 12.4 Å². The van der Waals surface area contributed by atoms with Crippen molar-refractivity contribution in [3.63, 3.8) is 0 Å². The number of hydrogen-bond donors (Lipinski definition) is 2. The van der Waals surface area contributed by atoms with Crippen molar-refractivity contribution in [2.75, 3.05) is 39.1 Å². The Bertz CT molecular complexity index is 470. The summed E-state index contributed by atoms with van der Waals surface area (Å²) in [5.41, 5.74) is 0.0379. The predicted molar refractivity (Wildman–Crippen MR) is 86.5 cm³/mol. The molecule has 2 N–H and O–H groups in total. The average Bonchev–Trinajstić information content (AvgIpc) is 2.54. The fraction of sp³-hybridized carbons (Fsp3) is 0.562. The second kappa shape index (κ2) is 8.50. The second-order valence-corrected chi connectivity index (χ2v) is 6.75. The zero-order valence-electron chi connectivity index (χ0n) is 12.9. The van der Waals surface area contributed by atoms with Crippen LogP contribution >= 0.6 is 11.8 Å². The third-order valence-corrected chi connectivity index (χ3v) is 4.97. The number of carbonyl (C=O) groups is 1. The molecule has 0 aromatic heterocycles. The van der Waals surface area contributed by atoms with Gasteiger partial charge in [-0.05, 0) is 50.2 Å². The summed E-state index contributed by atoms with van der Waals surface area (Å²) in [4.78, 5) is 12.9. The molecule has 1 amide bonds. The van der Waals surface area contributed by atoms with E-state index in [9.17, 15) is 9.18 Å². The van der Waals surface area contributed by atoms with Crippen LogP contribution in [-0.4, -0.2) is 45.0 Å². The van der Waals surface area contributed by atoms with Gasteiger partial charge in [0.1, 0.15) is 5.82 Å². The van der Waals surface area contributed by atoms with E-state index in [0.29, 0.717) is 18.9 Å². The molecule has 0 unspecified atom stereocenters. The summed E-state index contributed by atoms with van der Waals surface area (Å²) >= 11 is 1.41. The van der Waals surface area contributed by atoms with Crippen LogP contribution in [0, 0.1) is 11.2 Å². The largest absolute Gasteiger partial charge is 0.384 e. The van der Waals surface area contributed by atoms with Crippen LogP contribution in [0.3, 0.4) is 0 Å². The van der Waals surface area contributed by atoms with Crippen molar-refractivity contribution >= 4 is 17.7 Å². The van der Waals surface area contributed by atoms with E-state index < -0.39 is 0 Å². The highest BCUT2D eigenvalue weighted by molar-refractivity contribution is 8.00. The molecule has 1 aliphatic heterocycles. The van der Waals surface area contributed by atoms with Gasteiger partial charge in [0, 0.05) is 24.0 Å². The SMILES string of the molecule is COCC1(CNC(=O)CSc2ccc(F)cc2)CCNCC1. The van der Waals surface area contributed by atoms with Gasteiger partial charge in [-0.1, -0.05) is 0 Å². The molecule has 4 nitrogen and oxygen atoms in total. The third kappa shape index (κ3) is 5.26. The molecule has 2 rings (SSSR count). The fourth-order valence-electron chi connectivity index (χ4n) is 2.65. The zero-order chi connectivity index (χ0) is 15.8. The van der Waals surface area contributed by atoms with Gasteiger partial charge in [-0.15, -0.1) is 11.8 Å². The molecule has 0 saturated carbocycles. The summed E-state index contributed by atoms with van der Waals surface area (Å²) < 4.78 is 18.2. The molecule has 0 atom stereocenters. The first-order valence-corrected chi connectivity index (χ1v) is 8.47. The number of piperidine rings is 1. The van der Waals surface area contributed by atoms with Crippen LogP contribution in [0.15, 0.2) is 29.2 Å². The molecule has 6 heteroatoms. The number of amides is 1. The lowest BCUT2D eigenvalue weighted by Crippen LogP contribution is -2.47. The van der Waals surface area contributed by atoms with E-state index in [-0.39, 0.29) is 17.1 Å². The molecule has 1 aliphatic rings. The lowest BCUT2D eigenvalue weighted by Gasteiger charge is -2.37. The maximum Gasteiger partial charge on any atom is 0.230 e. The van der Waals surface area contributed by atoms with Gasteiger partial charge in [-0.3, -0.25) is 4.79 Å². The molecule has 0 bridgehead atoms. The number of benzene rings is 1. The van der Waals surface area contributed by atoms with Gasteiger partial charge < -0.3 is 15.4 Å². The number of rotatable bonds is 7. The molecule has 0 spiro atoms. The molecule has 122 valence electrons.